The number of ether oxygens (including phenoxy) is 1. The summed E-state index contributed by atoms with van der Waals surface area (Å²) in [4.78, 5) is 15.5. The molecule has 0 bridgehead atoms. The van der Waals surface area contributed by atoms with Crippen LogP contribution in [0.1, 0.15) is 6.92 Å². The molecule has 0 saturated heterocycles. The highest BCUT2D eigenvalue weighted by atomic mass is 31.1. The van der Waals surface area contributed by atoms with Crippen LogP contribution < -0.4 is 21.7 Å². The Kier molecular flexibility index (Phi) is 6.91. The van der Waals surface area contributed by atoms with E-state index >= 15 is 4.39 Å². The number of alkyl halides is 1. The fraction of sp³-hybridized carbons (Fsp3) is 0.375. The van der Waals surface area contributed by atoms with Crippen molar-refractivity contribution in [3.8, 4) is 5.75 Å². The standard InChI is InChI=1S/C16H22FN4O6P/c1-15(19,21-9-8-12(18)20-14(21)23)13(22)16(17,25-2)10-26-28(24)27-11-6-4-3-5-7-11/h3-9,13,22,28H,10,19H2,1-2H3,(H2,18,20,23)/t13-,15-,16+/m0/s1. The second-order valence-corrected chi connectivity index (χ2v) is 7.07. The first-order valence-electron chi connectivity index (χ1n) is 8.06. The molecule has 0 fully saturated rings. The molecule has 0 radical (unpaired) electrons. The van der Waals surface area contributed by atoms with Gasteiger partial charge in [-0.25, -0.2) is 13.8 Å². The predicted molar refractivity (Wildman–Crippen MR) is 99.6 cm³/mol. The molecule has 28 heavy (non-hydrogen) atoms. The highest BCUT2D eigenvalue weighted by molar-refractivity contribution is 7.33. The Morgan fingerprint density at radius 2 is 2.00 bits per heavy atom. The van der Waals surface area contributed by atoms with Crippen LogP contribution in [-0.2, 0) is 19.5 Å². The van der Waals surface area contributed by atoms with Gasteiger partial charge in [-0.05, 0) is 25.1 Å². The molecule has 2 aromatic rings. The van der Waals surface area contributed by atoms with E-state index in [1.165, 1.54) is 25.1 Å². The number of aliphatic hydroxyl groups is 1. The van der Waals surface area contributed by atoms with Gasteiger partial charge in [-0.2, -0.15) is 4.98 Å². The molecule has 1 heterocycles. The molecule has 154 valence electrons. The second-order valence-electron chi connectivity index (χ2n) is 6.08. The first kappa shape index (κ1) is 22.0. The first-order valence-corrected chi connectivity index (χ1v) is 9.29. The Morgan fingerprint density at radius 3 is 2.57 bits per heavy atom. The maximum Gasteiger partial charge on any atom is 0.368 e. The number of aliphatic hydroxyl groups excluding tert-OH is 1. The van der Waals surface area contributed by atoms with Crippen LogP contribution in [0.25, 0.3) is 0 Å². The van der Waals surface area contributed by atoms with Crippen molar-refractivity contribution in [2.45, 2.75) is 24.5 Å². The van der Waals surface area contributed by atoms with Gasteiger partial charge in [-0.15, -0.1) is 0 Å². The average Bonchev–Trinajstić information content (AvgIpc) is 2.66. The average molecular weight is 416 g/mol. The van der Waals surface area contributed by atoms with Gasteiger partial charge in [0.15, 0.2) is 6.10 Å². The summed E-state index contributed by atoms with van der Waals surface area (Å²) < 4.78 is 42.6. The van der Waals surface area contributed by atoms with Crippen molar-refractivity contribution in [3.05, 3.63) is 53.1 Å². The Morgan fingerprint density at radius 1 is 1.36 bits per heavy atom. The van der Waals surface area contributed by atoms with E-state index in [-0.39, 0.29) is 11.6 Å². The van der Waals surface area contributed by atoms with Gasteiger partial charge in [0.2, 0.25) is 0 Å². The van der Waals surface area contributed by atoms with Crippen molar-refractivity contribution in [1.82, 2.24) is 9.55 Å². The lowest BCUT2D eigenvalue weighted by Gasteiger charge is -2.39. The molecule has 1 aromatic carbocycles. The van der Waals surface area contributed by atoms with Gasteiger partial charge in [-0.1, -0.05) is 18.2 Å². The SMILES string of the molecule is CO[C@](F)(CO[PH](=O)Oc1ccccc1)[C@@H](O)[C@@](C)(N)n1ccc(N)nc1=O. The largest absolute Gasteiger partial charge is 0.426 e. The highest BCUT2D eigenvalue weighted by Gasteiger charge is 2.50. The van der Waals surface area contributed by atoms with E-state index in [0.717, 1.165) is 17.9 Å². The molecule has 4 atom stereocenters. The third kappa shape index (κ3) is 4.94. The van der Waals surface area contributed by atoms with Crippen molar-refractivity contribution in [2.75, 3.05) is 19.5 Å². The molecule has 12 heteroatoms. The lowest BCUT2D eigenvalue weighted by Crippen LogP contribution is -2.63. The maximum atomic E-state index is 15.2. The molecule has 0 aliphatic carbocycles. The summed E-state index contributed by atoms with van der Waals surface area (Å²) in [7, 11) is -2.20. The molecular formula is C16H22FN4O6P. The van der Waals surface area contributed by atoms with Crippen LogP contribution in [0, 0.1) is 0 Å². The van der Waals surface area contributed by atoms with Crippen LogP contribution in [0.4, 0.5) is 10.2 Å². The molecule has 0 aliphatic rings. The summed E-state index contributed by atoms with van der Waals surface area (Å²) in [5.41, 5.74) is 8.49. The first-order chi connectivity index (χ1) is 13.1. The highest BCUT2D eigenvalue weighted by Crippen LogP contribution is 2.33. The van der Waals surface area contributed by atoms with E-state index in [1.54, 1.807) is 18.2 Å². The minimum Gasteiger partial charge on any atom is -0.426 e. The molecule has 0 spiro atoms. The number of benzene rings is 1. The van der Waals surface area contributed by atoms with E-state index in [1.807, 2.05) is 0 Å². The number of methoxy groups -OCH3 is 1. The number of nitrogens with two attached hydrogens (primary N) is 2. The number of anilines is 1. The van der Waals surface area contributed by atoms with Crippen molar-refractivity contribution in [2.24, 2.45) is 5.73 Å². The van der Waals surface area contributed by atoms with Gasteiger partial charge in [-0.3, -0.25) is 9.09 Å². The van der Waals surface area contributed by atoms with E-state index in [4.69, 9.17) is 25.3 Å². The van der Waals surface area contributed by atoms with Crippen LogP contribution in [0.15, 0.2) is 47.4 Å². The van der Waals surface area contributed by atoms with Crippen molar-refractivity contribution >= 4 is 14.1 Å². The Balaban J connectivity index is 2.14. The zero-order valence-electron chi connectivity index (χ0n) is 15.2. The Bertz CT molecular complexity index is 881. The monoisotopic (exact) mass is 416 g/mol. The fourth-order valence-corrected chi connectivity index (χ4v) is 3.07. The number of hydrogen-bond donors (Lipinski definition) is 3. The van der Waals surface area contributed by atoms with Gasteiger partial charge >= 0.3 is 13.9 Å². The number of nitrogens with zero attached hydrogens (tertiary/aromatic N) is 2. The second kappa shape index (κ2) is 8.80. The summed E-state index contributed by atoms with van der Waals surface area (Å²) in [6.07, 6.45) is -0.953. The normalized spacial score (nSPS) is 17.9. The fourth-order valence-electron chi connectivity index (χ4n) is 2.37. The quantitative estimate of drug-likeness (QED) is 0.499. The van der Waals surface area contributed by atoms with Crippen molar-refractivity contribution in [3.63, 3.8) is 0 Å². The number of aromatic nitrogens is 2. The molecule has 0 aliphatic heterocycles. The third-order valence-corrected chi connectivity index (χ3v) is 4.76. The molecular weight excluding hydrogens is 394 g/mol. The minimum absolute atomic E-state index is 0.0650. The van der Waals surface area contributed by atoms with Crippen LogP contribution in [0.5, 0.6) is 5.75 Å². The summed E-state index contributed by atoms with van der Waals surface area (Å²) >= 11 is 0. The van der Waals surface area contributed by atoms with Crippen LogP contribution >= 0.6 is 8.25 Å². The van der Waals surface area contributed by atoms with Crippen LogP contribution in [0.3, 0.4) is 0 Å². The predicted octanol–water partition coefficient (Wildman–Crippen LogP) is 0.615. The van der Waals surface area contributed by atoms with Gasteiger partial charge in [0.25, 0.3) is 5.85 Å². The summed E-state index contributed by atoms with van der Waals surface area (Å²) in [6.45, 7) is 0.215. The maximum absolute atomic E-state index is 15.2. The number of nitrogen functional groups attached to an aromatic ring is 1. The van der Waals surface area contributed by atoms with Crippen molar-refractivity contribution in [1.29, 1.82) is 0 Å². The zero-order valence-corrected chi connectivity index (χ0v) is 16.2. The third-order valence-electron chi connectivity index (χ3n) is 3.98. The van der Waals surface area contributed by atoms with Gasteiger partial charge in [0, 0.05) is 13.3 Å². The Labute approximate surface area is 160 Å². The van der Waals surface area contributed by atoms with Crippen LogP contribution in [0.2, 0.25) is 0 Å². The summed E-state index contributed by atoms with van der Waals surface area (Å²) in [5, 5.41) is 10.5. The van der Waals surface area contributed by atoms with E-state index in [2.05, 4.69) is 4.98 Å². The number of para-hydroxylation sites is 1. The summed E-state index contributed by atoms with van der Waals surface area (Å²) in [5.74, 6) is -2.72. The Hall–Kier alpha value is -2.30. The van der Waals surface area contributed by atoms with Crippen molar-refractivity contribution < 1.29 is 27.8 Å². The summed E-state index contributed by atoms with van der Waals surface area (Å²) in [6, 6.07) is 9.38. The minimum atomic E-state index is -3.16. The molecule has 0 saturated carbocycles. The van der Waals surface area contributed by atoms with Gasteiger partial charge in [0.1, 0.15) is 23.8 Å². The topological polar surface area (TPSA) is 152 Å². The number of halogens is 1. The molecule has 10 nitrogen and oxygen atoms in total. The number of rotatable bonds is 9. The van der Waals surface area contributed by atoms with E-state index in [0.29, 0.717) is 0 Å². The van der Waals surface area contributed by atoms with E-state index in [9.17, 15) is 14.5 Å². The lowest BCUT2D eigenvalue weighted by atomic mass is 9.98. The van der Waals surface area contributed by atoms with Gasteiger partial charge in [0.05, 0.1) is 0 Å². The van der Waals surface area contributed by atoms with E-state index < -0.39 is 38.2 Å². The molecule has 1 unspecified atom stereocenters. The van der Waals surface area contributed by atoms with Crippen LogP contribution in [-0.4, -0.2) is 40.3 Å². The molecule has 1 aromatic heterocycles. The lowest BCUT2D eigenvalue weighted by molar-refractivity contribution is -0.232. The zero-order chi connectivity index (χ0) is 20.9. The van der Waals surface area contributed by atoms with Gasteiger partial charge < -0.3 is 25.8 Å². The molecule has 5 N–H and O–H groups in total. The smallest absolute Gasteiger partial charge is 0.368 e. The molecule has 0 amide bonds. The number of hydrogen-bond acceptors (Lipinski definition) is 9. The molecule has 2 rings (SSSR count).